The molecule has 2 rings (SSSR count). The van der Waals surface area contributed by atoms with Crippen molar-refractivity contribution >= 4 is 22.0 Å². The molecule has 0 saturated heterocycles. The molecule has 29 heavy (non-hydrogen) atoms. The lowest BCUT2D eigenvalue weighted by molar-refractivity contribution is -0.121. The monoisotopic (exact) mass is 415 g/mol. The van der Waals surface area contributed by atoms with Crippen LogP contribution in [0.5, 0.6) is 0 Å². The molecular formula is C22H29N3O3S. The second kappa shape index (κ2) is 10.9. The van der Waals surface area contributed by atoms with E-state index in [4.69, 9.17) is 0 Å². The fraction of sp³-hybridized carbons (Fsp3) is 0.318. The average molecular weight is 416 g/mol. The zero-order chi connectivity index (χ0) is 21.3. The third-order valence-electron chi connectivity index (χ3n) is 4.18. The van der Waals surface area contributed by atoms with Crippen molar-refractivity contribution in [3.05, 3.63) is 76.2 Å². The van der Waals surface area contributed by atoms with E-state index in [-0.39, 0.29) is 18.9 Å². The molecule has 0 aromatic heterocycles. The number of aryl methyl sites for hydroxylation is 1. The van der Waals surface area contributed by atoms with Gasteiger partial charge < -0.3 is 10.2 Å². The summed E-state index contributed by atoms with van der Waals surface area (Å²) < 4.78 is 26.4. The molecule has 0 saturated carbocycles. The molecule has 0 unspecified atom stereocenters. The number of rotatable bonds is 10. The molecule has 7 heteroatoms. The summed E-state index contributed by atoms with van der Waals surface area (Å²) >= 11 is 0. The van der Waals surface area contributed by atoms with Crippen LogP contribution in [0.2, 0.25) is 0 Å². The molecule has 0 bridgehead atoms. The Labute approximate surface area is 173 Å². The van der Waals surface area contributed by atoms with Gasteiger partial charge >= 0.3 is 0 Å². The summed E-state index contributed by atoms with van der Waals surface area (Å²) in [5.41, 5.74) is 4.12. The second-order valence-electron chi connectivity index (χ2n) is 7.23. The summed E-state index contributed by atoms with van der Waals surface area (Å²) in [6.45, 7) is 3.30. The van der Waals surface area contributed by atoms with Gasteiger partial charge in [-0.15, -0.1) is 0 Å². The number of carbonyl (C=O) groups excluding carboxylic acids is 1. The van der Waals surface area contributed by atoms with Crippen LogP contribution < -0.4 is 10.0 Å². The zero-order valence-corrected chi connectivity index (χ0v) is 18.0. The summed E-state index contributed by atoms with van der Waals surface area (Å²) in [6.07, 6.45) is 1.61. The van der Waals surface area contributed by atoms with Gasteiger partial charge in [-0.1, -0.05) is 54.1 Å². The molecule has 0 heterocycles. The topological polar surface area (TPSA) is 78.5 Å². The first-order valence-corrected chi connectivity index (χ1v) is 11.0. The van der Waals surface area contributed by atoms with Crippen LogP contribution in [-0.2, 0) is 27.9 Å². The van der Waals surface area contributed by atoms with Crippen molar-refractivity contribution in [3.8, 4) is 0 Å². The van der Waals surface area contributed by atoms with E-state index >= 15 is 0 Å². The molecule has 6 nitrogen and oxygen atoms in total. The molecule has 2 aromatic carbocycles. The number of hydrogen-bond acceptors (Lipinski definition) is 4. The van der Waals surface area contributed by atoms with E-state index in [1.807, 2.05) is 69.6 Å². The second-order valence-corrected chi connectivity index (χ2v) is 8.88. The molecule has 156 valence electrons. The van der Waals surface area contributed by atoms with Crippen molar-refractivity contribution < 1.29 is 13.2 Å². The minimum Gasteiger partial charge on any atom is -0.352 e. The third kappa shape index (κ3) is 9.04. The summed E-state index contributed by atoms with van der Waals surface area (Å²) in [7, 11) is 0.447. The Hall–Kier alpha value is -2.48. The van der Waals surface area contributed by atoms with E-state index in [1.54, 1.807) is 0 Å². The fourth-order valence-corrected chi connectivity index (χ4v) is 3.44. The largest absolute Gasteiger partial charge is 0.352 e. The summed E-state index contributed by atoms with van der Waals surface area (Å²) in [5, 5.41) is 3.92. The van der Waals surface area contributed by atoms with Crippen molar-refractivity contribution in [3.63, 3.8) is 0 Å². The quantitative estimate of drug-likeness (QED) is 0.625. The first-order chi connectivity index (χ1) is 13.7. The molecule has 2 N–H and O–H groups in total. The van der Waals surface area contributed by atoms with Gasteiger partial charge in [0.25, 0.3) is 0 Å². The van der Waals surface area contributed by atoms with Crippen LogP contribution in [0.3, 0.4) is 0 Å². The van der Waals surface area contributed by atoms with Gasteiger partial charge in [-0.05, 0) is 43.8 Å². The van der Waals surface area contributed by atoms with Gasteiger partial charge in [0.05, 0.1) is 0 Å². The summed E-state index contributed by atoms with van der Waals surface area (Å²) in [5.74, 6) is -0.201. The molecule has 0 radical (unpaired) electrons. The lowest BCUT2D eigenvalue weighted by Gasteiger charge is -2.10. The van der Waals surface area contributed by atoms with E-state index in [1.165, 1.54) is 11.6 Å². The van der Waals surface area contributed by atoms with Gasteiger partial charge in [0.1, 0.15) is 0 Å². The lowest BCUT2D eigenvalue weighted by atomic mass is 10.1. The normalized spacial score (nSPS) is 11.9. The number of nitrogens with one attached hydrogen (secondary N) is 2. The number of carbonyl (C=O) groups is 1. The number of sulfonamides is 1. The predicted molar refractivity (Wildman–Crippen MR) is 117 cm³/mol. The number of benzene rings is 2. The Balaban J connectivity index is 1.72. The van der Waals surface area contributed by atoms with Crippen LogP contribution in [0.25, 0.3) is 6.08 Å². The first kappa shape index (κ1) is 22.8. The summed E-state index contributed by atoms with van der Waals surface area (Å²) in [4.78, 5) is 14.0. The van der Waals surface area contributed by atoms with Crippen LogP contribution in [0.1, 0.15) is 28.7 Å². The standard InChI is InChI=1S/C22H29N3O3S/c1-18-4-6-19(7-5-18)13-15-29(27,28)24-14-12-22(26)23-16-20-8-10-21(11-9-20)17-25(2)3/h4-11,13,15,24H,12,14,16-17H2,1-3H3,(H,23,26)/b15-13+. The van der Waals surface area contributed by atoms with Crippen LogP contribution >= 0.6 is 0 Å². The minimum absolute atomic E-state index is 0.0498. The van der Waals surface area contributed by atoms with Crippen molar-refractivity contribution in [1.29, 1.82) is 0 Å². The smallest absolute Gasteiger partial charge is 0.233 e. The van der Waals surface area contributed by atoms with Gasteiger partial charge in [-0.25, -0.2) is 13.1 Å². The highest BCUT2D eigenvalue weighted by Crippen LogP contribution is 2.07. The van der Waals surface area contributed by atoms with Gasteiger partial charge in [-0.3, -0.25) is 4.79 Å². The number of hydrogen-bond donors (Lipinski definition) is 2. The van der Waals surface area contributed by atoms with E-state index in [0.717, 1.165) is 28.6 Å². The Bertz CT molecular complexity index is 919. The van der Waals surface area contributed by atoms with E-state index in [2.05, 4.69) is 14.9 Å². The number of amides is 1. The molecule has 0 aliphatic heterocycles. The molecule has 0 atom stereocenters. The number of nitrogens with zero attached hydrogens (tertiary/aromatic N) is 1. The van der Waals surface area contributed by atoms with Crippen molar-refractivity contribution in [1.82, 2.24) is 14.9 Å². The molecule has 1 amide bonds. The van der Waals surface area contributed by atoms with E-state index in [9.17, 15) is 13.2 Å². The SMILES string of the molecule is Cc1ccc(/C=C/S(=O)(=O)NCCC(=O)NCc2ccc(CN(C)C)cc2)cc1. The molecule has 0 aliphatic rings. The average Bonchev–Trinajstić information content (AvgIpc) is 2.66. The van der Waals surface area contributed by atoms with E-state index in [0.29, 0.717) is 6.54 Å². The Kier molecular flexibility index (Phi) is 8.57. The highest BCUT2D eigenvalue weighted by Gasteiger charge is 2.07. The molecular weight excluding hydrogens is 386 g/mol. The van der Waals surface area contributed by atoms with Crippen molar-refractivity contribution in [2.45, 2.75) is 26.4 Å². The van der Waals surface area contributed by atoms with Gasteiger partial charge in [0.15, 0.2) is 0 Å². The van der Waals surface area contributed by atoms with Crippen LogP contribution in [-0.4, -0.2) is 39.9 Å². The van der Waals surface area contributed by atoms with E-state index < -0.39 is 10.0 Å². The first-order valence-electron chi connectivity index (χ1n) is 9.47. The maximum absolute atomic E-state index is 12.0. The lowest BCUT2D eigenvalue weighted by Crippen LogP contribution is -2.29. The molecule has 2 aromatic rings. The maximum Gasteiger partial charge on any atom is 0.233 e. The van der Waals surface area contributed by atoms with Gasteiger partial charge in [0.2, 0.25) is 15.9 Å². The van der Waals surface area contributed by atoms with Gasteiger partial charge in [-0.2, -0.15) is 0 Å². The molecule has 0 fully saturated rings. The minimum atomic E-state index is -3.58. The molecule has 0 spiro atoms. The predicted octanol–water partition coefficient (Wildman–Crippen LogP) is 2.65. The van der Waals surface area contributed by atoms with Crippen molar-refractivity contribution in [2.24, 2.45) is 0 Å². The Morgan fingerprint density at radius 1 is 1.00 bits per heavy atom. The Morgan fingerprint density at radius 3 is 2.24 bits per heavy atom. The Morgan fingerprint density at radius 2 is 1.62 bits per heavy atom. The summed E-state index contributed by atoms with van der Waals surface area (Å²) in [6, 6.07) is 15.6. The third-order valence-corrected chi connectivity index (χ3v) is 5.28. The van der Waals surface area contributed by atoms with Crippen LogP contribution in [0.15, 0.2) is 53.9 Å². The van der Waals surface area contributed by atoms with Crippen LogP contribution in [0.4, 0.5) is 0 Å². The zero-order valence-electron chi connectivity index (χ0n) is 17.2. The fourth-order valence-electron chi connectivity index (χ4n) is 2.62. The highest BCUT2D eigenvalue weighted by molar-refractivity contribution is 7.92. The van der Waals surface area contributed by atoms with Crippen LogP contribution in [0, 0.1) is 6.92 Å². The molecule has 0 aliphatic carbocycles. The van der Waals surface area contributed by atoms with Crippen molar-refractivity contribution in [2.75, 3.05) is 20.6 Å². The maximum atomic E-state index is 12.0. The highest BCUT2D eigenvalue weighted by atomic mass is 32.2. The van der Waals surface area contributed by atoms with Gasteiger partial charge in [0, 0.05) is 31.5 Å².